The smallest absolute Gasteiger partial charge is 0.365 e. The molecule has 5 rings (SSSR count). The first-order valence-corrected chi connectivity index (χ1v) is 13.0. The van der Waals surface area contributed by atoms with Crippen molar-refractivity contribution in [1.82, 2.24) is 9.78 Å². The Labute approximate surface area is 208 Å². The zero-order valence-electron chi connectivity index (χ0n) is 17.5. The number of halogens is 4. The van der Waals surface area contributed by atoms with E-state index >= 15 is 0 Å². The molecule has 34 heavy (non-hydrogen) atoms. The average molecular weight is 574 g/mol. The van der Waals surface area contributed by atoms with Crippen molar-refractivity contribution in [2.24, 2.45) is 5.73 Å². The van der Waals surface area contributed by atoms with E-state index in [1.807, 2.05) is 0 Å². The minimum Gasteiger partial charge on any atom is -0.365 e. The lowest BCUT2D eigenvalue weighted by Crippen LogP contribution is -2.35. The number of nitrogens with one attached hydrogen (secondary N) is 2. The SMILES string of the molecule is NC(=O)c1c(NC(=O)c2nn3c(c2Br)NC(c2cccs2)CC3C(F)(F)F)sc2c1CCCC2. The molecule has 13 heteroatoms. The fourth-order valence-electron chi connectivity index (χ4n) is 4.49. The van der Waals surface area contributed by atoms with Crippen LogP contribution in [0.15, 0.2) is 22.0 Å². The maximum atomic E-state index is 13.9. The molecule has 0 spiro atoms. The lowest BCUT2D eigenvalue weighted by Gasteiger charge is -2.33. The minimum absolute atomic E-state index is 0.0812. The molecule has 1 aliphatic heterocycles. The number of hydrogen-bond acceptors (Lipinski definition) is 6. The largest absolute Gasteiger partial charge is 0.410 e. The number of alkyl halides is 3. The van der Waals surface area contributed by atoms with Gasteiger partial charge in [-0.25, -0.2) is 4.68 Å². The van der Waals surface area contributed by atoms with Crippen LogP contribution in [-0.2, 0) is 12.8 Å². The summed E-state index contributed by atoms with van der Waals surface area (Å²) in [5.74, 6) is -1.28. The Balaban J connectivity index is 1.50. The molecule has 0 fully saturated rings. The van der Waals surface area contributed by atoms with E-state index in [4.69, 9.17) is 5.73 Å². The maximum absolute atomic E-state index is 13.9. The van der Waals surface area contributed by atoms with E-state index in [1.54, 1.807) is 17.5 Å². The first-order valence-electron chi connectivity index (χ1n) is 10.6. The van der Waals surface area contributed by atoms with Gasteiger partial charge in [0.25, 0.3) is 11.8 Å². The van der Waals surface area contributed by atoms with E-state index in [0.717, 1.165) is 39.3 Å². The van der Waals surface area contributed by atoms with Crippen LogP contribution in [0.1, 0.15) is 67.5 Å². The summed E-state index contributed by atoms with van der Waals surface area (Å²) in [6, 6.07) is 1.08. The number of aryl methyl sites for hydroxylation is 1. The monoisotopic (exact) mass is 573 g/mol. The number of nitrogens with two attached hydrogens (primary N) is 1. The third-order valence-corrected chi connectivity index (χ3v) is 8.99. The van der Waals surface area contributed by atoms with Crippen LogP contribution >= 0.6 is 38.6 Å². The van der Waals surface area contributed by atoms with E-state index in [0.29, 0.717) is 11.4 Å². The number of rotatable bonds is 4. The predicted molar refractivity (Wildman–Crippen MR) is 128 cm³/mol. The Morgan fingerprint density at radius 3 is 2.74 bits per heavy atom. The Hall–Kier alpha value is -2.38. The highest BCUT2D eigenvalue weighted by molar-refractivity contribution is 9.10. The summed E-state index contributed by atoms with van der Waals surface area (Å²) < 4.78 is 42.8. The van der Waals surface area contributed by atoms with E-state index in [-0.39, 0.29) is 28.0 Å². The molecule has 2 amide bonds. The van der Waals surface area contributed by atoms with Crippen molar-refractivity contribution in [2.45, 2.75) is 50.4 Å². The van der Waals surface area contributed by atoms with Crippen molar-refractivity contribution in [3.05, 3.63) is 48.6 Å². The molecule has 180 valence electrons. The molecular weight excluding hydrogens is 555 g/mol. The molecule has 0 saturated carbocycles. The van der Waals surface area contributed by atoms with Gasteiger partial charge in [0.15, 0.2) is 11.7 Å². The zero-order valence-corrected chi connectivity index (χ0v) is 20.8. The molecule has 0 bridgehead atoms. The molecule has 2 atom stereocenters. The van der Waals surface area contributed by atoms with Gasteiger partial charge in [0.1, 0.15) is 10.8 Å². The lowest BCUT2D eigenvalue weighted by atomic mass is 9.95. The van der Waals surface area contributed by atoms with Crippen molar-refractivity contribution < 1.29 is 22.8 Å². The summed E-state index contributed by atoms with van der Waals surface area (Å²) >= 11 is 5.92. The van der Waals surface area contributed by atoms with Crippen LogP contribution in [0.3, 0.4) is 0 Å². The molecule has 4 N–H and O–H groups in total. The average Bonchev–Trinajstić information content (AvgIpc) is 3.50. The molecule has 0 aromatic carbocycles. The van der Waals surface area contributed by atoms with Gasteiger partial charge in [-0.1, -0.05) is 6.07 Å². The number of aromatic nitrogens is 2. The van der Waals surface area contributed by atoms with E-state index in [1.165, 1.54) is 22.7 Å². The van der Waals surface area contributed by atoms with Gasteiger partial charge < -0.3 is 16.4 Å². The Morgan fingerprint density at radius 2 is 2.06 bits per heavy atom. The summed E-state index contributed by atoms with van der Waals surface area (Å²) in [4.78, 5) is 27.0. The number of primary amides is 1. The van der Waals surface area contributed by atoms with Gasteiger partial charge in [0, 0.05) is 16.2 Å². The van der Waals surface area contributed by atoms with Crippen molar-refractivity contribution in [3.8, 4) is 0 Å². The zero-order chi connectivity index (χ0) is 24.2. The quantitative estimate of drug-likeness (QED) is 0.375. The Kier molecular flexibility index (Phi) is 5.97. The number of carbonyl (C=O) groups excluding carboxylic acids is 2. The first-order chi connectivity index (χ1) is 16.1. The van der Waals surface area contributed by atoms with Crippen molar-refractivity contribution >= 4 is 61.2 Å². The van der Waals surface area contributed by atoms with E-state index in [2.05, 4.69) is 31.7 Å². The number of amides is 2. The number of nitrogens with zero attached hydrogens (tertiary/aromatic N) is 2. The fourth-order valence-corrected chi connectivity index (χ4v) is 7.12. The van der Waals surface area contributed by atoms with Gasteiger partial charge in [0.05, 0.1) is 16.1 Å². The number of anilines is 2. The van der Waals surface area contributed by atoms with Crippen LogP contribution in [0.2, 0.25) is 0 Å². The van der Waals surface area contributed by atoms with Gasteiger partial charge in [-0.15, -0.1) is 22.7 Å². The number of fused-ring (bicyclic) bond motifs is 2. The third-order valence-electron chi connectivity index (χ3n) is 6.04. The van der Waals surface area contributed by atoms with Crippen LogP contribution in [0.4, 0.5) is 24.0 Å². The first kappa shape index (κ1) is 23.4. The molecule has 3 aromatic heterocycles. The van der Waals surface area contributed by atoms with Crippen LogP contribution in [0.5, 0.6) is 0 Å². The minimum atomic E-state index is -4.56. The van der Waals surface area contributed by atoms with Crippen LogP contribution in [-0.4, -0.2) is 27.8 Å². The summed E-state index contributed by atoms with van der Waals surface area (Å²) in [6.07, 6.45) is -1.42. The number of carbonyl (C=O) groups is 2. The summed E-state index contributed by atoms with van der Waals surface area (Å²) in [7, 11) is 0. The standard InChI is InChI=1S/C21H19BrF3N5O2S2/c22-15-16(19(32)28-20-14(17(26)31)9-4-1-2-5-11(9)34-20)29-30-13(21(23,24)25)8-10(27-18(15)30)12-6-3-7-33-12/h3,6-7,10,13,27H,1-2,4-5,8H2,(H2,26,31)(H,28,32). The molecule has 0 radical (unpaired) electrons. The summed E-state index contributed by atoms with van der Waals surface area (Å²) in [6.45, 7) is 0. The molecule has 7 nitrogen and oxygen atoms in total. The van der Waals surface area contributed by atoms with Crippen molar-refractivity contribution in [3.63, 3.8) is 0 Å². The Morgan fingerprint density at radius 1 is 1.29 bits per heavy atom. The fraction of sp³-hybridized carbons (Fsp3) is 0.381. The van der Waals surface area contributed by atoms with Gasteiger partial charge in [0.2, 0.25) is 0 Å². The summed E-state index contributed by atoms with van der Waals surface area (Å²) in [5, 5.41) is 11.9. The summed E-state index contributed by atoms with van der Waals surface area (Å²) in [5.41, 5.74) is 6.51. The highest BCUT2D eigenvalue weighted by Gasteiger charge is 2.48. The second kappa shape index (κ2) is 8.68. The molecular formula is C21H19BrF3N5O2S2. The van der Waals surface area contributed by atoms with E-state index in [9.17, 15) is 22.8 Å². The highest BCUT2D eigenvalue weighted by atomic mass is 79.9. The number of thiophene rings is 2. The van der Waals surface area contributed by atoms with Gasteiger partial charge >= 0.3 is 6.18 Å². The highest BCUT2D eigenvalue weighted by Crippen LogP contribution is 2.47. The van der Waals surface area contributed by atoms with E-state index < -0.39 is 30.1 Å². The second-order valence-corrected chi connectivity index (χ2v) is 11.1. The van der Waals surface area contributed by atoms with Crippen LogP contribution in [0.25, 0.3) is 0 Å². The van der Waals surface area contributed by atoms with Crippen LogP contribution in [0, 0.1) is 0 Å². The second-order valence-electron chi connectivity index (χ2n) is 8.19. The number of hydrogen-bond donors (Lipinski definition) is 3. The molecule has 2 aliphatic rings. The Bertz CT molecular complexity index is 1270. The molecule has 1 aliphatic carbocycles. The van der Waals surface area contributed by atoms with Gasteiger partial charge in [-0.3, -0.25) is 9.59 Å². The van der Waals surface area contributed by atoms with Gasteiger partial charge in [-0.05, 0) is 58.6 Å². The van der Waals surface area contributed by atoms with Gasteiger partial charge in [-0.2, -0.15) is 18.3 Å². The lowest BCUT2D eigenvalue weighted by molar-refractivity contribution is -0.173. The van der Waals surface area contributed by atoms with Crippen LogP contribution < -0.4 is 16.4 Å². The molecule has 0 saturated heterocycles. The molecule has 3 aromatic rings. The molecule has 2 unspecified atom stereocenters. The molecule has 4 heterocycles. The topological polar surface area (TPSA) is 102 Å². The third kappa shape index (κ3) is 4.03. The van der Waals surface area contributed by atoms with Crippen molar-refractivity contribution in [1.29, 1.82) is 0 Å². The normalized spacial score (nSPS) is 19.8. The maximum Gasteiger partial charge on any atom is 0.410 e. The predicted octanol–water partition coefficient (Wildman–Crippen LogP) is 5.66. The van der Waals surface area contributed by atoms with Crippen molar-refractivity contribution in [2.75, 3.05) is 10.6 Å².